The lowest BCUT2D eigenvalue weighted by molar-refractivity contribution is -0.384. The molecule has 1 aromatic rings. The molecule has 106 valence electrons. The summed E-state index contributed by atoms with van der Waals surface area (Å²) in [6.45, 7) is 0.581. The Bertz CT molecular complexity index is 466. The van der Waals surface area contributed by atoms with Crippen molar-refractivity contribution in [3.8, 4) is 0 Å². The van der Waals surface area contributed by atoms with E-state index in [1.807, 2.05) is 0 Å². The molecule has 0 bridgehead atoms. The minimum absolute atomic E-state index is 0.0919. The summed E-state index contributed by atoms with van der Waals surface area (Å²) >= 11 is 5.65. The van der Waals surface area contributed by atoms with Crippen LogP contribution < -0.4 is 4.90 Å². The Morgan fingerprint density at radius 3 is 2.47 bits per heavy atom. The largest absolute Gasteiger partial charge is 0.405 e. The van der Waals surface area contributed by atoms with E-state index in [2.05, 4.69) is 0 Å². The van der Waals surface area contributed by atoms with E-state index in [-0.39, 0.29) is 23.8 Å². The molecule has 0 aliphatic rings. The number of hydrogen-bond donors (Lipinski definition) is 0. The van der Waals surface area contributed by atoms with Crippen LogP contribution in [0.15, 0.2) is 18.2 Å². The minimum atomic E-state index is -4.35. The number of nitro benzene ring substituents is 1. The molecule has 0 aliphatic heterocycles. The molecule has 1 aromatic carbocycles. The Morgan fingerprint density at radius 1 is 1.42 bits per heavy atom. The fourth-order valence-electron chi connectivity index (χ4n) is 1.68. The zero-order chi connectivity index (χ0) is 14.6. The molecular weight excluding hydrogens is 285 g/mol. The Hall–Kier alpha value is -1.50. The second kappa shape index (κ2) is 6.10. The molecular formula is C11H12ClF3N2O2. The van der Waals surface area contributed by atoms with E-state index >= 15 is 0 Å². The van der Waals surface area contributed by atoms with Gasteiger partial charge >= 0.3 is 6.18 Å². The molecule has 19 heavy (non-hydrogen) atoms. The van der Waals surface area contributed by atoms with Gasteiger partial charge in [0.15, 0.2) is 0 Å². The molecule has 0 spiro atoms. The molecule has 0 unspecified atom stereocenters. The molecule has 0 radical (unpaired) electrons. The topological polar surface area (TPSA) is 46.4 Å². The lowest BCUT2D eigenvalue weighted by Crippen LogP contribution is -2.34. The summed E-state index contributed by atoms with van der Waals surface area (Å²) in [5.74, 6) is -0.0919. The van der Waals surface area contributed by atoms with Gasteiger partial charge in [0.05, 0.1) is 4.92 Å². The molecule has 0 atom stereocenters. The predicted molar refractivity (Wildman–Crippen MR) is 66.6 cm³/mol. The van der Waals surface area contributed by atoms with Crippen molar-refractivity contribution in [1.29, 1.82) is 0 Å². The van der Waals surface area contributed by atoms with Crippen molar-refractivity contribution >= 4 is 23.0 Å². The molecule has 0 aliphatic carbocycles. The van der Waals surface area contributed by atoms with Crippen LogP contribution in [0.1, 0.15) is 12.5 Å². The van der Waals surface area contributed by atoms with E-state index in [1.165, 1.54) is 18.2 Å². The smallest absolute Gasteiger partial charge is 0.363 e. The normalized spacial score (nSPS) is 11.4. The van der Waals surface area contributed by atoms with Gasteiger partial charge in [-0.05, 0) is 18.6 Å². The summed E-state index contributed by atoms with van der Waals surface area (Å²) in [6.07, 6.45) is -4.35. The molecule has 4 nitrogen and oxygen atoms in total. The molecule has 0 saturated carbocycles. The molecule has 0 saturated heterocycles. The van der Waals surface area contributed by atoms with E-state index < -0.39 is 17.6 Å². The van der Waals surface area contributed by atoms with Gasteiger partial charge in [-0.2, -0.15) is 13.2 Å². The van der Waals surface area contributed by atoms with Crippen LogP contribution in [0.5, 0.6) is 0 Å². The number of rotatable bonds is 5. The predicted octanol–water partition coefficient (Wildman–Crippen LogP) is 3.72. The number of non-ortho nitro benzene ring substituents is 1. The van der Waals surface area contributed by atoms with Crippen molar-refractivity contribution in [2.24, 2.45) is 0 Å². The third-order valence-electron chi connectivity index (χ3n) is 2.51. The highest BCUT2D eigenvalue weighted by molar-refractivity contribution is 6.17. The highest BCUT2D eigenvalue weighted by atomic mass is 35.5. The summed E-state index contributed by atoms with van der Waals surface area (Å²) in [4.78, 5) is 11.1. The maximum Gasteiger partial charge on any atom is 0.405 e. The van der Waals surface area contributed by atoms with Gasteiger partial charge in [-0.15, -0.1) is 11.6 Å². The number of anilines is 1. The Morgan fingerprint density at radius 2 is 2.05 bits per heavy atom. The van der Waals surface area contributed by atoms with E-state index in [4.69, 9.17) is 11.6 Å². The number of benzene rings is 1. The van der Waals surface area contributed by atoms with Crippen molar-refractivity contribution in [1.82, 2.24) is 0 Å². The van der Waals surface area contributed by atoms with Crippen molar-refractivity contribution in [2.75, 3.05) is 18.0 Å². The van der Waals surface area contributed by atoms with Gasteiger partial charge in [0.25, 0.3) is 5.69 Å². The number of halogens is 4. The van der Waals surface area contributed by atoms with Gasteiger partial charge in [-0.1, -0.05) is 0 Å². The van der Waals surface area contributed by atoms with Gasteiger partial charge in [0, 0.05) is 30.2 Å². The highest BCUT2D eigenvalue weighted by Crippen LogP contribution is 2.29. The maximum absolute atomic E-state index is 12.4. The summed E-state index contributed by atoms with van der Waals surface area (Å²) in [5, 5.41) is 10.6. The fraction of sp³-hybridized carbons (Fsp3) is 0.455. The monoisotopic (exact) mass is 296 g/mol. The first-order valence-corrected chi connectivity index (χ1v) is 5.97. The van der Waals surface area contributed by atoms with Crippen LogP contribution in [-0.4, -0.2) is 24.2 Å². The first-order chi connectivity index (χ1) is 8.78. The summed E-state index contributed by atoms with van der Waals surface area (Å²) < 4.78 is 37.3. The van der Waals surface area contributed by atoms with Crippen LogP contribution in [0.4, 0.5) is 24.5 Å². The summed E-state index contributed by atoms with van der Waals surface area (Å²) in [5.41, 5.74) is 0.379. The molecule has 0 fully saturated rings. The number of alkyl halides is 4. The number of hydrogen-bond acceptors (Lipinski definition) is 3. The Kier molecular flexibility index (Phi) is 4.99. The standard InChI is InChI=1S/C11H12ClF3N2O2/c1-2-16(7-11(13,14)15)10-4-3-9(17(18)19)5-8(10)6-12/h3-5H,2,6-7H2,1H3. The third kappa shape index (κ3) is 4.27. The molecule has 0 N–H and O–H groups in total. The summed E-state index contributed by atoms with van der Waals surface area (Å²) in [6, 6.07) is 3.66. The van der Waals surface area contributed by atoms with Crippen molar-refractivity contribution in [3.63, 3.8) is 0 Å². The van der Waals surface area contributed by atoms with Gasteiger partial charge < -0.3 is 4.90 Å². The average molecular weight is 297 g/mol. The lowest BCUT2D eigenvalue weighted by Gasteiger charge is -2.26. The number of nitrogens with zero attached hydrogens (tertiary/aromatic N) is 2. The van der Waals surface area contributed by atoms with Crippen LogP contribution in [0.25, 0.3) is 0 Å². The van der Waals surface area contributed by atoms with Gasteiger partial charge in [0.1, 0.15) is 6.54 Å². The Balaban J connectivity index is 3.13. The van der Waals surface area contributed by atoms with Crippen LogP contribution >= 0.6 is 11.6 Å². The Labute approximate surface area is 112 Å². The zero-order valence-corrected chi connectivity index (χ0v) is 10.8. The quantitative estimate of drug-likeness (QED) is 0.472. The van der Waals surface area contributed by atoms with Crippen molar-refractivity contribution in [3.05, 3.63) is 33.9 Å². The summed E-state index contributed by atoms with van der Waals surface area (Å²) in [7, 11) is 0. The molecule has 0 aromatic heterocycles. The second-order valence-corrected chi connectivity index (χ2v) is 4.10. The first kappa shape index (κ1) is 15.6. The average Bonchev–Trinajstić information content (AvgIpc) is 2.34. The van der Waals surface area contributed by atoms with E-state index in [0.29, 0.717) is 5.56 Å². The third-order valence-corrected chi connectivity index (χ3v) is 2.80. The zero-order valence-electron chi connectivity index (χ0n) is 10.1. The van der Waals surface area contributed by atoms with Crippen LogP contribution in [0, 0.1) is 10.1 Å². The van der Waals surface area contributed by atoms with E-state index in [9.17, 15) is 23.3 Å². The molecule has 0 amide bonds. The SMILES string of the molecule is CCN(CC(F)(F)F)c1ccc([N+](=O)[O-])cc1CCl. The molecule has 8 heteroatoms. The van der Waals surface area contributed by atoms with Crippen LogP contribution in [0.3, 0.4) is 0 Å². The molecule has 0 heterocycles. The van der Waals surface area contributed by atoms with E-state index in [0.717, 1.165) is 4.90 Å². The van der Waals surface area contributed by atoms with Gasteiger partial charge in [-0.25, -0.2) is 0 Å². The number of nitro groups is 1. The highest BCUT2D eigenvalue weighted by Gasteiger charge is 2.31. The first-order valence-electron chi connectivity index (χ1n) is 5.43. The van der Waals surface area contributed by atoms with Crippen LogP contribution in [-0.2, 0) is 5.88 Å². The minimum Gasteiger partial charge on any atom is -0.363 e. The fourth-order valence-corrected chi connectivity index (χ4v) is 1.90. The maximum atomic E-state index is 12.4. The van der Waals surface area contributed by atoms with Crippen molar-refractivity contribution in [2.45, 2.75) is 19.0 Å². The van der Waals surface area contributed by atoms with E-state index in [1.54, 1.807) is 6.92 Å². The van der Waals surface area contributed by atoms with Crippen molar-refractivity contribution < 1.29 is 18.1 Å². The second-order valence-electron chi connectivity index (χ2n) is 3.83. The van der Waals surface area contributed by atoms with Gasteiger partial charge in [-0.3, -0.25) is 10.1 Å². The van der Waals surface area contributed by atoms with Crippen LogP contribution in [0.2, 0.25) is 0 Å². The van der Waals surface area contributed by atoms with Gasteiger partial charge in [0.2, 0.25) is 0 Å². The lowest BCUT2D eigenvalue weighted by atomic mass is 10.1. The molecule has 1 rings (SSSR count).